The molecule has 1 atom stereocenters. The van der Waals surface area contributed by atoms with Crippen molar-refractivity contribution in [1.29, 1.82) is 0 Å². The highest BCUT2D eigenvalue weighted by atomic mass is 32.2. The number of hydrogen-bond acceptors (Lipinski definition) is 6. The van der Waals surface area contributed by atoms with Gasteiger partial charge in [0, 0.05) is 36.6 Å². The number of alkyl halides is 3. The van der Waals surface area contributed by atoms with Crippen LogP contribution in [-0.4, -0.2) is 57.3 Å². The lowest BCUT2D eigenvalue weighted by molar-refractivity contribution is -0.137. The van der Waals surface area contributed by atoms with Gasteiger partial charge in [-0.3, -0.25) is 9.69 Å². The van der Waals surface area contributed by atoms with Crippen molar-refractivity contribution < 1.29 is 22.5 Å². The number of carbonyl (C=O) groups excluding carboxylic acids is 1. The number of benzene rings is 2. The van der Waals surface area contributed by atoms with E-state index in [4.69, 9.17) is 4.52 Å². The van der Waals surface area contributed by atoms with E-state index in [1.807, 2.05) is 17.0 Å². The van der Waals surface area contributed by atoms with Crippen LogP contribution >= 0.6 is 11.8 Å². The van der Waals surface area contributed by atoms with Crippen molar-refractivity contribution >= 4 is 17.7 Å². The zero-order valence-electron chi connectivity index (χ0n) is 17.6. The molecular formula is C23H21F3N4O2S. The van der Waals surface area contributed by atoms with E-state index in [0.717, 1.165) is 18.6 Å². The standard InChI is InChI=1S/C23H21F3N4O2S/c24-23(25,26)17-6-3-5-16(12-17)21-27-20(32-28-21)14-29-8-10-30(11-9-29)22(31)19-13-15-4-1-2-7-18(15)33-19/h1-7,12,19H,8-11,13-14H2. The molecule has 0 spiro atoms. The Balaban J connectivity index is 1.16. The summed E-state index contributed by atoms with van der Waals surface area (Å²) in [6.45, 7) is 2.94. The molecule has 3 aromatic rings. The average Bonchev–Trinajstić information content (AvgIpc) is 3.46. The Hall–Kier alpha value is -2.85. The van der Waals surface area contributed by atoms with Gasteiger partial charge in [0.05, 0.1) is 17.4 Å². The largest absolute Gasteiger partial charge is 0.416 e. The first-order valence-corrected chi connectivity index (χ1v) is 11.5. The molecule has 10 heteroatoms. The molecule has 1 fully saturated rings. The molecule has 0 N–H and O–H groups in total. The molecule has 3 heterocycles. The molecule has 1 saturated heterocycles. The molecule has 2 aliphatic rings. The maximum Gasteiger partial charge on any atom is 0.416 e. The minimum Gasteiger partial charge on any atom is -0.339 e. The number of nitrogens with zero attached hydrogens (tertiary/aromatic N) is 4. The third-order valence-electron chi connectivity index (χ3n) is 5.88. The van der Waals surface area contributed by atoms with Crippen LogP contribution in [0.4, 0.5) is 13.2 Å². The number of fused-ring (bicyclic) bond motifs is 1. The topological polar surface area (TPSA) is 62.5 Å². The number of rotatable bonds is 4. The highest BCUT2D eigenvalue weighted by Gasteiger charge is 2.33. The molecule has 1 unspecified atom stereocenters. The van der Waals surface area contributed by atoms with Crippen LogP contribution < -0.4 is 0 Å². The lowest BCUT2D eigenvalue weighted by Crippen LogP contribution is -2.50. The van der Waals surface area contributed by atoms with Crippen molar-refractivity contribution in [3.8, 4) is 11.4 Å². The Morgan fingerprint density at radius 2 is 1.88 bits per heavy atom. The SMILES string of the molecule is O=C(C1Cc2ccccc2S1)N1CCN(Cc2nc(-c3cccc(C(F)(F)F)c3)no2)CC1. The fourth-order valence-corrected chi connectivity index (χ4v) is 5.39. The Bertz CT molecular complexity index is 1130. The van der Waals surface area contributed by atoms with Gasteiger partial charge in [-0.25, -0.2) is 0 Å². The molecule has 172 valence electrons. The number of aromatic nitrogens is 2. The van der Waals surface area contributed by atoms with E-state index < -0.39 is 11.7 Å². The van der Waals surface area contributed by atoms with E-state index >= 15 is 0 Å². The molecular weight excluding hydrogens is 453 g/mol. The highest BCUT2D eigenvalue weighted by Crippen LogP contribution is 2.37. The van der Waals surface area contributed by atoms with Gasteiger partial charge < -0.3 is 9.42 Å². The first-order chi connectivity index (χ1) is 15.9. The molecule has 6 nitrogen and oxygen atoms in total. The molecule has 0 radical (unpaired) electrons. The first kappa shape index (κ1) is 22.0. The zero-order valence-corrected chi connectivity index (χ0v) is 18.4. The Morgan fingerprint density at radius 3 is 2.64 bits per heavy atom. The number of halogens is 3. The summed E-state index contributed by atoms with van der Waals surface area (Å²) in [6, 6.07) is 13.0. The summed E-state index contributed by atoms with van der Waals surface area (Å²) in [6.07, 6.45) is -3.67. The summed E-state index contributed by atoms with van der Waals surface area (Å²) < 4.78 is 44.1. The van der Waals surface area contributed by atoms with Gasteiger partial charge in [0.1, 0.15) is 0 Å². The molecule has 33 heavy (non-hydrogen) atoms. The molecule has 2 aliphatic heterocycles. The average molecular weight is 475 g/mol. The Morgan fingerprint density at radius 1 is 1.09 bits per heavy atom. The van der Waals surface area contributed by atoms with Crippen LogP contribution in [0.15, 0.2) is 57.9 Å². The van der Waals surface area contributed by atoms with E-state index in [1.165, 1.54) is 22.6 Å². The van der Waals surface area contributed by atoms with Crippen LogP contribution in [0.25, 0.3) is 11.4 Å². The molecule has 1 amide bonds. The predicted octanol–water partition coefficient (Wildman–Crippen LogP) is 4.12. The number of carbonyl (C=O) groups is 1. The van der Waals surface area contributed by atoms with Crippen LogP contribution in [0.3, 0.4) is 0 Å². The Kier molecular flexibility index (Phi) is 5.88. The van der Waals surface area contributed by atoms with Gasteiger partial charge in [-0.15, -0.1) is 11.8 Å². The normalized spacial score (nSPS) is 19.0. The van der Waals surface area contributed by atoms with Crippen LogP contribution in [0.1, 0.15) is 17.0 Å². The monoisotopic (exact) mass is 474 g/mol. The van der Waals surface area contributed by atoms with Crippen LogP contribution in [0.2, 0.25) is 0 Å². The summed E-state index contributed by atoms with van der Waals surface area (Å²) in [7, 11) is 0. The van der Waals surface area contributed by atoms with Crippen molar-refractivity contribution in [1.82, 2.24) is 19.9 Å². The smallest absolute Gasteiger partial charge is 0.339 e. The van der Waals surface area contributed by atoms with E-state index in [9.17, 15) is 18.0 Å². The van der Waals surface area contributed by atoms with Gasteiger partial charge in [0.2, 0.25) is 17.6 Å². The molecule has 1 aromatic heterocycles. The number of thioether (sulfide) groups is 1. The maximum atomic E-state index is 13.0. The Labute approximate surface area is 192 Å². The summed E-state index contributed by atoms with van der Waals surface area (Å²) in [5.41, 5.74) is 0.730. The summed E-state index contributed by atoms with van der Waals surface area (Å²) in [4.78, 5) is 22.4. The quantitative estimate of drug-likeness (QED) is 0.567. The third-order valence-corrected chi connectivity index (χ3v) is 7.19. The van der Waals surface area contributed by atoms with Crippen molar-refractivity contribution in [3.63, 3.8) is 0 Å². The van der Waals surface area contributed by atoms with Crippen LogP contribution in [0.5, 0.6) is 0 Å². The fourth-order valence-electron chi connectivity index (χ4n) is 4.11. The maximum absolute atomic E-state index is 13.0. The van der Waals surface area contributed by atoms with Crippen molar-refractivity contribution in [2.45, 2.75) is 29.3 Å². The molecule has 0 saturated carbocycles. The zero-order chi connectivity index (χ0) is 23.0. The third kappa shape index (κ3) is 4.77. The van der Waals surface area contributed by atoms with Crippen LogP contribution in [-0.2, 0) is 23.9 Å². The second-order valence-electron chi connectivity index (χ2n) is 8.11. The van der Waals surface area contributed by atoms with Gasteiger partial charge in [0.15, 0.2) is 0 Å². The summed E-state index contributed by atoms with van der Waals surface area (Å²) >= 11 is 1.64. The number of piperazine rings is 1. The first-order valence-electron chi connectivity index (χ1n) is 10.6. The van der Waals surface area contributed by atoms with Gasteiger partial charge in [0.25, 0.3) is 0 Å². The second-order valence-corrected chi connectivity index (χ2v) is 9.35. The molecule has 0 bridgehead atoms. The predicted molar refractivity (Wildman–Crippen MR) is 116 cm³/mol. The van der Waals surface area contributed by atoms with Crippen molar-refractivity contribution in [2.24, 2.45) is 0 Å². The van der Waals surface area contributed by atoms with Gasteiger partial charge >= 0.3 is 6.18 Å². The van der Waals surface area contributed by atoms with Gasteiger partial charge in [-0.1, -0.05) is 35.5 Å². The molecule has 5 rings (SSSR count). The summed E-state index contributed by atoms with van der Waals surface area (Å²) in [5.74, 6) is 0.632. The van der Waals surface area contributed by atoms with E-state index in [0.29, 0.717) is 38.6 Å². The van der Waals surface area contributed by atoms with E-state index in [2.05, 4.69) is 27.2 Å². The number of amides is 1. The minimum absolute atomic E-state index is 0.0695. The number of hydrogen-bond donors (Lipinski definition) is 0. The molecule has 2 aromatic carbocycles. The fraction of sp³-hybridized carbons (Fsp3) is 0.348. The van der Waals surface area contributed by atoms with Crippen molar-refractivity contribution in [3.05, 3.63) is 65.5 Å². The summed E-state index contributed by atoms with van der Waals surface area (Å²) in [5, 5.41) is 3.77. The lowest BCUT2D eigenvalue weighted by atomic mass is 10.1. The van der Waals surface area contributed by atoms with Gasteiger partial charge in [-0.05, 0) is 30.2 Å². The lowest BCUT2D eigenvalue weighted by Gasteiger charge is -2.35. The minimum atomic E-state index is -4.43. The second kappa shape index (κ2) is 8.83. The van der Waals surface area contributed by atoms with E-state index in [-0.39, 0.29) is 22.5 Å². The molecule has 0 aliphatic carbocycles. The van der Waals surface area contributed by atoms with E-state index in [1.54, 1.807) is 11.8 Å². The highest BCUT2D eigenvalue weighted by molar-refractivity contribution is 8.01. The van der Waals surface area contributed by atoms with Crippen LogP contribution in [0, 0.1) is 0 Å². The van der Waals surface area contributed by atoms with Gasteiger partial charge in [-0.2, -0.15) is 18.2 Å². The van der Waals surface area contributed by atoms with Crippen molar-refractivity contribution in [2.75, 3.05) is 26.2 Å².